The SMILES string of the molecule is Cc1ccc(N2C(=O)C[C@@H](c3c(F)cccc3Cl)C3=C2COC3=O)cc1. The summed E-state index contributed by atoms with van der Waals surface area (Å²) >= 11 is 6.18. The topological polar surface area (TPSA) is 46.6 Å². The molecule has 0 saturated carbocycles. The number of amides is 1. The van der Waals surface area contributed by atoms with Gasteiger partial charge in [0.2, 0.25) is 5.91 Å². The van der Waals surface area contributed by atoms with Gasteiger partial charge in [-0.3, -0.25) is 9.69 Å². The van der Waals surface area contributed by atoms with Crippen molar-refractivity contribution < 1.29 is 18.7 Å². The summed E-state index contributed by atoms with van der Waals surface area (Å²) in [4.78, 5) is 26.8. The predicted octanol–water partition coefficient (Wildman–Crippen LogP) is 4.12. The molecule has 1 amide bonds. The summed E-state index contributed by atoms with van der Waals surface area (Å²) in [6.07, 6.45) is -0.0531. The molecule has 132 valence electrons. The van der Waals surface area contributed by atoms with E-state index in [1.54, 1.807) is 6.07 Å². The Morgan fingerprint density at radius 1 is 1.15 bits per heavy atom. The van der Waals surface area contributed by atoms with Crippen LogP contribution in [0.15, 0.2) is 53.7 Å². The standard InChI is InChI=1S/C20H15ClFNO3/c1-11-5-7-12(8-6-11)23-16-10-26-20(25)19(16)13(9-17(23)24)18-14(21)3-2-4-15(18)22/h2-8,13H,9-10H2,1H3/t13-/m0/s1. The first-order chi connectivity index (χ1) is 12.5. The maximum Gasteiger partial charge on any atom is 0.336 e. The van der Waals surface area contributed by atoms with E-state index < -0.39 is 17.7 Å². The van der Waals surface area contributed by atoms with Gasteiger partial charge >= 0.3 is 5.97 Å². The van der Waals surface area contributed by atoms with Gasteiger partial charge in [0.1, 0.15) is 12.4 Å². The van der Waals surface area contributed by atoms with E-state index in [9.17, 15) is 14.0 Å². The van der Waals surface area contributed by atoms with Gasteiger partial charge in [-0.1, -0.05) is 35.4 Å². The van der Waals surface area contributed by atoms with Crippen molar-refractivity contribution in [3.8, 4) is 0 Å². The molecule has 0 radical (unpaired) electrons. The zero-order chi connectivity index (χ0) is 18.4. The second-order valence-corrected chi connectivity index (χ2v) is 6.80. The number of carbonyl (C=O) groups is 2. The number of rotatable bonds is 2. The minimum absolute atomic E-state index is 0.0175. The van der Waals surface area contributed by atoms with Crippen molar-refractivity contribution in [2.75, 3.05) is 11.5 Å². The molecule has 2 aliphatic rings. The summed E-state index contributed by atoms with van der Waals surface area (Å²) < 4.78 is 19.6. The molecule has 4 nitrogen and oxygen atoms in total. The summed E-state index contributed by atoms with van der Waals surface area (Å²) in [5, 5.41) is 0.193. The van der Waals surface area contributed by atoms with Gasteiger partial charge in [-0.15, -0.1) is 0 Å². The molecule has 4 rings (SSSR count). The number of hydrogen-bond donors (Lipinski definition) is 0. The molecule has 0 saturated heterocycles. The Morgan fingerprint density at radius 3 is 2.58 bits per heavy atom. The second-order valence-electron chi connectivity index (χ2n) is 6.39. The summed E-state index contributed by atoms with van der Waals surface area (Å²) in [5.41, 5.74) is 2.64. The Hall–Kier alpha value is -2.66. The van der Waals surface area contributed by atoms with Crippen LogP contribution in [0.3, 0.4) is 0 Å². The van der Waals surface area contributed by atoms with Crippen molar-refractivity contribution in [2.45, 2.75) is 19.3 Å². The van der Waals surface area contributed by atoms with Crippen LogP contribution in [-0.4, -0.2) is 18.5 Å². The van der Waals surface area contributed by atoms with Crippen molar-refractivity contribution in [1.82, 2.24) is 0 Å². The number of halogens is 2. The van der Waals surface area contributed by atoms with Crippen LogP contribution in [0, 0.1) is 12.7 Å². The van der Waals surface area contributed by atoms with E-state index in [1.807, 2.05) is 31.2 Å². The minimum atomic E-state index is -0.747. The number of benzene rings is 2. The lowest BCUT2D eigenvalue weighted by atomic mass is 9.83. The fraction of sp³-hybridized carbons (Fsp3) is 0.200. The van der Waals surface area contributed by atoms with Gasteiger partial charge in [-0.2, -0.15) is 0 Å². The van der Waals surface area contributed by atoms with E-state index in [1.165, 1.54) is 17.0 Å². The van der Waals surface area contributed by atoms with Crippen LogP contribution in [0.1, 0.15) is 23.5 Å². The van der Waals surface area contributed by atoms with E-state index in [4.69, 9.17) is 16.3 Å². The van der Waals surface area contributed by atoms with Gasteiger partial charge in [0.15, 0.2) is 0 Å². The molecule has 26 heavy (non-hydrogen) atoms. The number of cyclic esters (lactones) is 1. The van der Waals surface area contributed by atoms with Crippen LogP contribution in [0.5, 0.6) is 0 Å². The molecular formula is C20H15ClFNO3. The van der Waals surface area contributed by atoms with E-state index in [0.717, 1.165) is 5.56 Å². The number of ether oxygens (including phenoxy) is 1. The Labute approximate surface area is 154 Å². The maximum absolute atomic E-state index is 14.4. The first kappa shape index (κ1) is 16.8. The molecule has 2 aliphatic heterocycles. The van der Waals surface area contributed by atoms with Gasteiger partial charge in [0, 0.05) is 28.6 Å². The van der Waals surface area contributed by atoms with Crippen molar-refractivity contribution in [1.29, 1.82) is 0 Å². The fourth-order valence-electron chi connectivity index (χ4n) is 3.54. The largest absolute Gasteiger partial charge is 0.456 e. The number of esters is 1. The molecule has 6 heteroatoms. The van der Waals surface area contributed by atoms with Crippen molar-refractivity contribution in [2.24, 2.45) is 0 Å². The number of carbonyl (C=O) groups excluding carboxylic acids is 2. The molecule has 0 fully saturated rings. The molecule has 2 aromatic carbocycles. The van der Waals surface area contributed by atoms with Crippen LogP contribution in [0.25, 0.3) is 0 Å². The highest BCUT2D eigenvalue weighted by molar-refractivity contribution is 6.31. The number of anilines is 1. The molecule has 2 heterocycles. The van der Waals surface area contributed by atoms with Gasteiger partial charge in [0.25, 0.3) is 0 Å². The highest BCUT2D eigenvalue weighted by Crippen LogP contribution is 2.44. The fourth-order valence-corrected chi connectivity index (χ4v) is 3.83. The van der Waals surface area contributed by atoms with Crippen LogP contribution in [0.2, 0.25) is 5.02 Å². The summed E-state index contributed by atoms with van der Waals surface area (Å²) in [5.74, 6) is -2.04. The van der Waals surface area contributed by atoms with Crippen LogP contribution >= 0.6 is 11.6 Å². The second kappa shape index (κ2) is 6.25. The molecular weight excluding hydrogens is 357 g/mol. The number of hydrogen-bond acceptors (Lipinski definition) is 3. The van der Waals surface area contributed by atoms with Gasteiger partial charge < -0.3 is 4.74 Å². The smallest absolute Gasteiger partial charge is 0.336 e. The van der Waals surface area contributed by atoms with Crippen molar-refractivity contribution in [3.63, 3.8) is 0 Å². The molecule has 0 N–H and O–H groups in total. The zero-order valence-corrected chi connectivity index (χ0v) is 14.7. The Kier molecular flexibility index (Phi) is 4.04. The highest BCUT2D eigenvalue weighted by atomic mass is 35.5. The minimum Gasteiger partial charge on any atom is -0.456 e. The van der Waals surface area contributed by atoms with Gasteiger partial charge in [-0.05, 0) is 31.2 Å². The summed E-state index contributed by atoms with van der Waals surface area (Å²) in [6.45, 7) is 1.93. The summed E-state index contributed by atoms with van der Waals surface area (Å²) in [6, 6.07) is 11.7. The Morgan fingerprint density at radius 2 is 1.88 bits per heavy atom. The van der Waals surface area contributed by atoms with Crippen LogP contribution in [-0.2, 0) is 14.3 Å². The van der Waals surface area contributed by atoms with Gasteiger partial charge in [0.05, 0.1) is 11.3 Å². The Balaban J connectivity index is 1.87. The number of aryl methyl sites for hydroxylation is 1. The Bertz CT molecular complexity index is 932. The zero-order valence-electron chi connectivity index (χ0n) is 14.0. The van der Waals surface area contributed by atoms with E-state index >= 15 is 0 Å². The first-order valence-electron chi connectivity index (χ1n) is 8.21. The molecule has 0 spiro atoms. The van der Waals surface area contributed by atoms with E-state index in [2.05, 4.69) is 0 Å². The molecule has 0 unspecified atom stereocenters. The quantitative estimate of drug-likeness (QED) is 0.746. The molecule has 0 aliphatic carbocycles. The lowest BCUT2D eigenvalue weighted by Crippen LogP contribution is -2.37. The molecule has 2 aromatic rings. The maximum atomic E-state index is 14.4. The van der Waals surface area contributed by atoms with Crippen LogP contribution < -0.4 is 4.90 Å². The third-order valence-electron chi connectivity index (χ3n) is 4.76. The third kappa shape index (κ3) is 2.59. The lowest BCUT2D eigenvalue weighted by Gasteiger charge is -2.32. The molecule has 1 atom stereocenters. The molecule has 0 bridgehead atoms. The third-order valence-corrected chi connectivity index (χ3v) is 5.09. The average Bonchev–Trinajstić information content (AvgIpc) is 2.98. The predicted molar refractivity (Wildman–Crippen MR) is 95.4 cm³/mol. The van der Waals surface area contributed by atoms with Gasteiger partial charge in [-0.25, -0.2) is 9.18 Å². The van der Waals surface area contributed by atoms with E-state index in [0.29, 0.717) is 17.0 Å². The van der Waals surface area contributed by atoms with Crippen molar-refractivity contribution in [3.05, 3.63) is 75.7 Å². The number of nitrogens with zero attached hydrogens (tertiary/aromatic N) is 1. The van der Waals surface area contributed by atoms with E-state index in [-0.39, 0.29) is 29.5 Å². The first-order valence-corrected chi connectivity index (χ1v) is 8.59. The van der Waals surface area contributed by atoms with Crippen molar-refractivity contribution >= 4 is 29.2 Å². The van der Waals surface area contributed by atoms with Crippen LogP contribution in [0.4, 0.5) is 10.1 Å². The lowest BCUT2D eigenvalue weighted by molar-refractivity contribution is -0.136. The highest BCUT2D eigenvalue weighted by Gasteiger charge is 2.44. The summed E-state index contributed by atoms with van der Waals surface area (Å²) in [7, 11) is 0. The monoisotopic (exact) mass is 371 g/mol. The average molecular weight is 372 g/mol. The normalized spacial score (nSPS) is 19.7. The molecule has 0 aromatic heterocycles.